The van der Waals surface area contributed by atoms with Crippen LogP contribution in [0.1, 0.15) is 26.9 Å². The summed E-state index contributed by atoms with van der Waals surface area (Å²) in [5.74, 6) is -0.605. The van der Waals surface area contributed by atoms with Gasteiger partial charge in [-0.2, -0.15) is 0 Å². The number of carbonyl (C=O) groups is 2. The van der Waals surface area contributed by atoms with Gasteiger partial charge < -0.3 is 0 Å². The maximum absolute atomic E-state index is 13.4. The van der Waals surface area contributed by atoms with Crippen LogP contribution in [0.2, 0.25) is 5.02 Å². The van der Waals surface area contributed by atoms with Gasteiger partial charge in [0.1, 0.15) is 5.37 Å². The molecular weight excluding hydrogens is 476 g/mol. The van der Waals surface area contributed by atoms with Gasteiger partial charge in [-0.15, -0.1) is 0 Å². The molecule has 2 amide bonds. The van der Waals surface area contributed by atoms with Crippen molar-refractivity contribution in [1.29, 1.82) is 0 Å². The summed E-state index contributed by atoms with van der Waals surface area (Å²) >= 11 is 7.47. The van der Waals surface area contributed by atoms with Gasteiger partial charge >= 0.3 is 0 Å². The molecule has 5 rings (SSSR count). The normalized spacial score (nSPS) is 16.5. The quantitative estimate of drug-likeness (QED) is 0.303. The van der Waals surface area contributed by atoms with Crippen molar-refractivity contribution >= 4 is 41.3 Å². The van der Waals surface area contributed by atoms with Crippen molar-refractivity contribution in [3.05, 3.63) is 136 Å². The zero-order valence-electron chi connectivity index (χ0n) is 18.6. The lowest BCUT2D eigenvalue weighted by atomic mass is 10.0. The molecule has 1 heterocycles. The molecule has 1 fully saturated rings. The lowest BCUT2D eigenvalue weighted by Crippen LogP contribution is -2.44. The number of amides is 2. The van der Waals surface area contributed by atoms with E-state index < -0.39 is 5.37 Å². The smallest absolute Gasteiger partial charge is 0.267 e. The molecule has 4 nitrogen and oxygen atoms in total. The van der Waals surface area contributed by atoms with E-state index in [-0.39, 0.29) is 11.8 Å². The van der Waals surface area contributed by atoms with Gasteiger partial charge in [-0.05, 0) is 52.6 Å². The fourth-order valence-corrected chi connectivity index (χ4v) is 5.13. The van der Waals surface area contributed by atoms with Crippen molar-refractivity contribution in [2.45, 2.75) is 5.37 Å². The van der Waals surface area contributed by atoms with Gasteiger partial charge in [-0.25, -0.2) is 5.01 Å². The minimum absolute atomic E-state index is 0.256. The maximum atomic E-state index is 13.4. The number of carbonyl (C=O) groups excluding carboxylic acids is 2. The van der Waals surface area contributed by atoms with Gasteiger partial charge in [-0.3, -0.25) is 15.0 Å². The molecule has 6 heteroatoms. The Bertz CT molecular complexity index is 1370. The van der Waals surface area contributed by atoms with E-state index in [0.717, 1.165) is 22.3 Å². The second-order valence-electron chi connectivity index (χ2n) is 8.00. The Kier molecular flexibility index (Phi) is 6.70. The van der Waals surface area contributed by atoms with E-state index in [9.17, 15) is 9.59 Å². The SMILES string of the molecule is O=C(NN1C(=O)/C(=C/c2ccccc2)SC1c1ccc(Cl)cc1)c1ccc(-c2ccccc2)cc1. The van der Waals surface area contributed by atoms with Crippen LogP contribution in [0.4, 0.5) is 0 Å². The van der Waals surface area contributed by atoms with Crippen LogP contribution in [0.5, 0.6) is 0 Å². The average Bonchev–Trinajstić information content (AvgIpc) is 3.20. The number of hydrogen-bond donors (Lipinski definition) is 1. The van der Waals surface area contributed by atoms with Crippen LogP contribution in [0, 0.1) is 0 Å². The summed E-state index contributed by atoms with van der Waals surface area (Å²) in [6.07, 6.45) is 1.84. The Morgan fingerprint density at radius 1 is 0.800 bits per heavy atom. The van der Waals surface area contributed by atoms with Crippen molar-refractivity contribution in [3.8, 4) is 11.1 Å². The molecule has 4 aromatic rings. The molecule has 1 saturated heterocycles. The monoisotopic (exact) mass is 496 g/mol. The van der Waals surface area contributed by atoms with Crippen LogP contribution < -0.4 is 5.43 Å². The predicted octanol–water partition coefficient (Wildman–Crippen LogP) is 6.97. The Hall–Kier alpha value is -3.80. The van der Waals surface area contributed by atoms with Crippen molar-refractivity contribution in [2.24, 2.45) is 0 Å². The summed E-state index contributed by atoms with van der Waals surface area (Å²) in [4.78, 5) is 27.0. The minimum Gasteiger partial charge on any atom is -0.267 e. The number of nitrogens with zero attached hydrogens (tertiary/aromatic N) is 1. The highest BCUT2D eigenvalue weighted by atomic mass is 35.5. The molecule has 4 aromatic carbocycles. The molecule has 0 spiro atoms. The third-order valence-electron chi connectivity index (χ3n) is 5.63. The fraction of sp³-hybridized carbons (Fsp3) is 0.0345. The third-order valence-corrected chi connectivity index (χ3v) is 7.14. The van der Waals surface area contributed by atoms with Crippen molar-refractivity contribution in [1.82, 2.24) is 10.4 Å². The van der Waals surface area contributed by atoms with Crippen molar-refractivity contribution < 1.29 is 9.59 Å². The summed E-state index contributed by atoms with van der Waals surface area (Å²) in [5.41, 5.74) is 7.18. The minimum atomic E-state index is -0.415. The lowest BCUT2D eigenvalue weighted by molar-refractivity contribution is -0.128. The summed E-state index contributed by atoms with van der Waals surface area (Å²) in [6.45, 7) is 0. The maximum Gasteiger partial charge on any atom is 0.280 e. The molecule has 172 valence electrons. The van der Waals surface area contributed by atoms with E-state index in [1.165, 1.54) is 16.8 Å². The first kappa shape index (κ1) is 23.0. The predicted molar refractivity (Wildman–Crippen MR) is 142 cm³/mol. The second-order valence-corrected chi connectivity index (χ2v) is 9.56. The molecule has 1 atom stereocenters. The Morgan fingerprint density at radius 3 is 2.06 bits per heavy atom. The summed E-state index contributed by atoms with van der Waals surface area (Å²) in [7, 11) is 0. The lowest BCUT2D eigenvalue weighted by Gasteiger charge is -2.24. The van der Waals surface area contributed by atoms with E-state index in [4.69, 9.17) is 11.6 Å². The summed E-state index contributed by atoms with van der Waals surface area (Å²) < 4.78 is 0. The standard InChI is InChI=1S/C29H21ClN2O2S/c30-25-17-15-24(16-18-25)29-32(28(34)26(35-29)19-20-7-3-1-4-8-20)31-27(33)23-13-11-22(12-14-23)21-9-5-2-6-10-21/h1-19,29H,(H,31,33)/b26-19-. The van der Waals surface area contributed by atoms with Crippen LogP contribution in [0.3, 0.4) is 0 Å². The highest BCUT2D eigenvalue weighted by molar-refractivity contribution is 8.04. The first-order valence-corrected chi connectivity index (χ1v) is 12.3. The molecule has 35 heavy (non-hydrogen) atoms. The van der Waals surface area contributed by atoms with Gasteiger partial charge in [0.05, 0.1) is 4.91 Å². The number of thioether (sulfide) groups is 1. The number of rotatable bonds is 5. The van der Waals surface area contributed by atoms with Crippen molar-refractivity contribution in [3.63, 3.8) is 0 Å². The molecule has 0 bridgehead atoms. The number of nitrogens with one attached hydrogen (secondary N) is 1. The van der Waals surface area contributed by atoms with Crippen LogP contribution in [-0.2, 0) is 4.79 Å². The third kappa shape index (κ3) is 5.16. The van der Waals surface area contributed by atoms with E-state index >= 15 is 0 Å². The molecule has 0 aliphatic carbocycles. The van der Waals surface area contributed by atoms with E-state index in [0.29, 0.717) is 15.5 Å². The fourth-order valence-electron chi connectivity index (χ4n) is 3.82. The highest BCUT2D eigenvalue weighted by Gasteiger charge is 2.38. The van der Waals surface area contributed by atoms with Gasteiger partial charge in [0.2, 0.25) is 0 Å². The second kappa shape index (κ2) is 10.2. The zero-order chi connectivity index (χ0) is 24.2. The molecular formula is C29H21ClN2O2S. The first-order valence-electron chi connectivity index (χ1n) is 11.1. The number of halogens is 1. The van der Waals surface area contributed by atoms with Crippen molar-refractivity contribution in [2.75, 3.05) is 0 Å². The molecule has 0 aromatic heterocycles. The largest absolute Gasteiger partial charge is 0.280 e. The average molecular weight is 497 g/mol. The number of hydrazine groups is 1. The molecule has 1 aliphatic rings. The Labute approximate surface area is 213 Å². The highest BCUT2D eigenvalue weighted by Crippen LogP contribution is 2.45. The summed E-state index contributed by atoms with van der Waals surface area (Å²) in [6, 6.07) is 34.3. The zero-order valence-corrected chi connectivity index (χ0v) is 20.2. The van der Waals surface area contributed by atoms with Gasteiger partial charge in [0, 0.05) is 10.6 Å². The van der Waals surface area contributed by atoms with E-state index in [2.05, 4.69) is 5.43 Å². The molecule has 1 N–H and O–H groups in total. The van der Waals surface area contributed by atoms with E-state index in [1.807, 2.05) is 91.0 Å². The molecule has 0 saturated carbocycles. The topological polar surface area (TPSA) is 49.4 Å². The van der Waals surface area contributed by atoms with Crippen LogP contribution in [0.15, 0.2) is 114 Å². The van der Waals surface area contributed by atoms with Crippen LogP contribution in [0.25, 0.3) is 17.2 Å². The molecule has 1 unspecified atom stereocenters. The van der Waals surface area contributed by atoms with Gasteiger partial charge in [0.15, 0.2) is 0 Å². The Balaban J connectivity index is 1.41. The van der Waals surface area contributed by atoms with Crippen LogP contribution in [-0.4, -0.2) is 16.8 Å². The number of benzene rings is 4. The van der Waals surface area contributed by atoms with Gasteiger partial charge in [0.25, 0.3) is 11.8 Å². The van der Waals surface area contributed by atoms with Crippen LogP contribution >= 0.6 is 23.4 Å². The number of hydrogen-bond acceptors (Lipinski definition) is 3. The Morgan fingerprint density at radius 2 is 1.40 bits per heavy atom. The van der Waals surface area contributed by atoms with E-state index in [1.54, 1.807) is 24.3 Å². The summed E-state index contributed by atoms with van der Waals surface area (Å²) in [5, 5.41) is 1.59. The molecule has 0 radical (unpaired) electrons. The van der Waals surface area contributed by atoms with Gasteiger partial charge in [-0.1, -0.05) is 108 Å². The first-order chi connectivity index (χ1) is 17.1. The molecule has 1 aliphatic heterocycles.